The molecule has 0 unspecified atom stereocenters. The van der Waals surface area contributed by atoms with Gasteiger partial charge in [-0.05, 0) is 68.7 Å². The zero-order valence-electron chi connectivity index (χ0n) is 14.4. The third-order valence-corrected chi connectivity index (χ3v) is 6.77. The van der Waals surface area contributed by atoms with Crippen molar-refractivity contribution in [2.45, 2.75) is 62.3 Å². The third-order valence-electron chi connectivity index (χ3n) is 5.24. The third kappa shape index (κ3) is 3.80. The van der Waals surface area contributed by atoms with Crippen LogP contribution in [0.25, 0.3) is 11.3 Å². The van der Waals surface area contributed by atoms with Crippen LogP contribution < -0.4 is 4.72 Å². The molecule has 0 amide bonds. The molecule has 1 aromatic heterocycles. The number of benzene rings is 1. The van der Waals surface area contributed by atoms with Crippen molar-refractivity contribution < 1.29 is 12.8 Å². The van der Waals surface area contributed by atoms with Crippen LogP contribution in [0.15, 0.2) is 39.8 Å². The van der Waals surface area contributed by atoms with E-state index in [1.54, 1.807) is 30.5 Å². The molecule has 2 aliphatic rings. The fraction of sp³-hybridized carbons (Fsp3) is 0.526. The predicted octanol–water partition coefficient (Wildman–Crippen LogP) is 4.08. The van der Waals surface area contributed by atoms with Crippen LogP contribution in [0, 0.1) is 5.92 Å². The van der Waals surface area contributed by atoms with Gasteiger partial charge in [-0.15, -0.1) is 0 Å². The Morgan fingerprint density at radius 1 is 1.04 bits per heavy atom. The number of hydrogen-bond donors (Lipinski definition) is 1. The van der Waals surface area contributed by atoms with Crippen LogP contribution >= 0.6 is 0 Å². The number of oxazole rings is 1. The van der Waals surface area contributed by atoms with E-state index in [1.807, 2.05) is 0 Å². The average molecular weight is 360 g/mol. The van der Waals surface area contributed by atoms with Crippen LogP contribution in [0.1, 0.15) is 57.3 Å². The maximum Gasteiger partial charge on any atom is 0.240 e. The minimum atomic E-state index is -3.47. The molecule has 0 spiro atoms. The molecule has 2 saturated carbocycles. The SMILES string of the molecule is CC1CCC(NS(=O)(=O)c2ccc(-c3cnc(C4CC4)o3)cc2)CC1. The second-order valence-corrected chi connectivity index (χ2v) is 9.15. The van der Waals surface area contributed by atoms with Crippen LogP contribution in [-0.2, 0) is 10.0 Å². The summed E-state index contributed by atoms with van der Waals surface area (Å²) in [5.74, 6) is 2.65. The van der Waals surface area contributed by atoms with Crippen molar-refractivity contribution >= 4 is 10.0 Å². The molecule has 2 aliphatic carbocycles. The van der Waals surface area contributed by atoms with Crippen LogP contribution in [0.2, 0.25) is 0 Å². The van der Waals surface area contributed by atoms with Gasteiger partial charge < -0.3 is 4.42 Å². The zero-order valence-corrected chi connectivity index (χ0v) is 15.3. The zero-order chi connectivity index (χ0) is 17.4. The van der Waals surface area contributed by atoms with Crippen molar-refractivity contribution in [1.29, 1.82) is 0 Å². The Labute approximate surface area is 148 Å². The fourth-order valence-electron chi connectivity index (χ4n) is 3.40. The van der Waals surface area contributed by atoms with E-state index in [0.29, 0.717) is 22.5 Å². The topological polar surface area (TPSA) is 72.2 Å². The number of nitrogens with one attached hydrogen (secondary N) is 1. The van der Waals surface area contributed by atoms with Crippen LogP contribution in [0.4, 0.5) is 0 Å². The summed E-state index contributed by atoms with van der Waals surface area (Å²) in [5.41, 5.74) is 0.852. The summed E-state index contributed by atoms with van der Waals surface area (Å²) >= 11 is 0. The van der Waals surface area contributed by atoms with Gasteiger partial charge in [0.25, 0.3) is 0 Å². The van der Waals surface area contributed by atoms with Gasteiger partial charge in [0.1, 0.15) is 0 Å². The highest BCUT2D eigenvalue weighted by atomic mass is 32.2. The van der Waals surface area contributed by atoms with E-state index in [2.05, 4.69) is 16.6 Å². The van der Waals surface area contributed by atoms with Gasteiger partial charge in [-0.1, -0.05) is 6.92 Å². The predicted molar refractivity (Wildman–Crippen MR) is 95.7 cm³/mol. The molecule has 0 bridgehead atoms. The Hall–Kier alpha value is -1.66. The minimum absolute atomic E-state index is 0.0521. The smallest absolute Gasteiger partial charge is 0.240 e. The van der Waals surface area contributed by atoms with Crippen molar-refractivity contribution in [3.05, 3.63) is 36.4 Å². The highest BCUT2D eigenvalue weighted by Crippen LogP contribution is 2.40. The average Bonchev–Trinajstić information content (AvgIpc) is 3.34. The number of hydrogen-bond acceptors (Lipinski definition) is 4. The molecule has 4 rings (SSSR count). The summed E-state index contributed by atoms with van der Waals surface area (Å²) in [7, 11) is -3.47. The Morgan fingerprint density at radius 3 is 2.36 bits per heavy atom. The first-order valence-electron chi connectivity index (χ1n) is 9.10. The lowest BCUT2D eigenvalue weighted by molar-refractivity contribution is 0.332. The van der Waals surface area contributed by atoms with Gasteiger partial charge in [-0.3, -0.25) is 0 Å². The van der Waals surface area contributed by atoms with Crippen molar-refractivity contribution in [1.82, 2.24) is 9.71 Å². The van der Waals surface area contributed by atoms with E-state index in [4.69, 9.17) is 4.42 Å². The first-order chi connectivity index (χ1) is 12.0. The van der Waals surface area contributed by atoms with Gasteiger partial charge >= 0.3 is 0 Å². The maximum atomic E-state index is 12.6. The first-order valence-corrected chi connectivity index (χ1v) is 10.6. The van der Waals surface area contributed by atoms with Crippen molar-refractivity contribution in [2.24, 2.45) is 5.92 Å². The Balaban J connectivity index is 1.46. The van der Waals surface area contributed by atoms with E-state index in [9.17, 15) is 8.42 Å². The molecule has 5 nitrogen and oxygen atoms in total. The number of nitrogens with zero attached hydrogens (tertiary/aromatic N) is 1. The number of aromatic nitrogens is 1. The molecule has 1 heterocycles. The van der Waals surface area contributed by atoms with E-state index >= 15 is 0 Å². The summed E-state index contributed by atoms with van der Waals surface area (Å²) in [6.45, 7) is 2.22. The molecule has 0 saturated heterocycles. The molecular formula is C19H24N2O3S. The number of rotatable bonds is 5. The van der Waals surface area contributed by atoms with E-state index < -0.39 is 10.0 Å². The lowest BCUT2D eigenvalue weighted by atomic mass is 9.88. The van der Waals surface area contributed by atoms with Crippen LogP contribution in [-0.4, -0.2) is 19.4 Å². The highest BCUT2D eigenvalue weighted by Gasteiger charge is 2.29. The Kier molecular flexibility index (Phi) is 4.41. The maximum absolute atomic E-state index is 12.6. The van der Waals surface area contributed by atoms with Gasteiger partial charge in [0.2, 0.25) is 10.0 Å². The minimum Gasteiger partial charge on any atom is -0.440 e. The number of sulfonamides is 1. The molecule has 134 valence electrons. The summed E-state index contributed by atoms with van der Waals surface area (Å²) in [5, 5.41) is 0. The Bertz CT molecular complexity index is 830. The van der Waals surface area contributed by atoms with Gasteiger partial charge in [-0.25, -0.2) is 18.1 Å². The van der Waals surface area contributed by atoms with E-state index in [1.165, 1.54) is 0 Å². The standard InChI is InChI=1S/C19H24N2O3S/c1-13-2-8-16(9-3-13)21-25(22,23)17-10-6-14(7-11-17)18-12-20-19(24-18)15-4-5-15/h6-7,10-13,15-16,21H,2-5,8-9H2,1H3. The van der Waals surface area contributed by atoms with Crippen molar-refractivity contribution in [2.75, 3.05) is 0 Å². The van der Waals surface area contributed by atoms with E-state index in [0.717, 1.165) is 50.0 Å². The summed E-state index contributed by atoms with van der Waals surface area (Å²) < 4.78 is 33.8. The lowest BCUT2D eigenvalue weighted by Gasteiger charge is -2.26. The van der Waals surface area contributed by atoms with Gasteiger partial charge in [0.15, 0.2) is 11.7 Å². The van der Waals surface area contributed by atoms with Crippen molar-refractivity contribution in [3.63, 3.8) is 0 Å². The molecule has 6 heteroatoms. The second-order valence-electron chi connectivity index (χ2n) is 7.44. The van der Waals surface area contributed by atoms with E-state index in [-0.39, 0.29) is 6.04 Å². The molecule has 1 N–H and O–H groups in total. The van der Waals surface area contributed by atoms with Gasteiger partial charge in [0.05, 0.1) is 11.1 Å². The summed E-state index contributed by atoms with van der Waals surface area (Å²) in [6, 6.07) is 6.91. The molecule has 2 aromatic rings. The molecule has 2 fully saturated rings. The van der Waals surface area contributed by atoms with Crippen LogP contribution in [0.3, 0.4) is 0 Å². The largest absolute Gasteiger partial charge is 0.440 e. The molecule has 25 heavy (non-hydrogen) atoms. The monoisotopic (exact) mass is 360 g/mol. The summed E-state index contributed by atoms with van der Waals surface area (Å²) in [6.07, 6.45) is 8.01. The van der Waals surface area contributed by atoms with Gasteiger partial charge in [0, 0.05) is 17.5 Å². The molecule has 1 aromatic carbocycles. The van der Waals surface area contributed by atoms with Crippen LogP contribution in [0.5, 0.6) is 0 Å². The second kappa shape index (κ2) is 6.57. The Morgan fingerprint density at radius 2 is 1.72 bits per heavy atom. The van der Waals surface area contributed by atoms with Gasteiger partial charge in [-0.2, -0.15) is 0 Å². The summed E-state index contributed by atoms with van der Waals surface area (Å²) in [4.78, 5) is 4.61. The molecular weight excluding hydrogens is 336 g/mol. The fourth-order valence-corrected chi connectivity index (χ4v) is 4.71. The lowest BCUT2D eigenvalue weighted by Crippen LogP contribution is -2.37. The molecule has 0 aliphatic heterocycles. The first kappa shape index (κ1) is 16.8. The molecule has 0 radical (unpaired) electrons. The highest BCUT2D eigenvalue weighted by molar-refractivity contribution is 7.89. The van der Waals surface area contributed by atoms with Crippen molar-refractivity contribution in [3.8, 4) is 11.3 Å². The normalized spacial score (nSPS) is 24.4. The molecule has 0 atom stereocenters. The quantitative estimate of drug-likeness (QED) is 0.872.